The average Bonchev–Trinajstić information content (AvgIpc) is 2.72. The van der Waals surface area contributed by atoms with Gasteiger partial charge in [-0.1, -0.05) is 26.0 Å². The van der Waals surface area contributed by atoms with E-state index in [0.717, 1.165) is 17.7 Å². The van der Waals surface area contributed by atoms with Gasteiger partial charge in [0, 0.05) is 11.8 Å². The SMILES string of the molecule is COc1cc(C(=O)O[C@H](C)C(=O)Nc2ccc(C(C)C)cc2)c([N+](=O)[O-])cc1OC. The van der Waals surface area contributed by atoms with Gasteiger partial charge in [0.25, 0.3) is 11.6 Å². The van der Waals surface area contributed by atoms with Gasteiger partial charge < -0.3 is 19.5 Å². The van der Waals surface area contributed by atoms with Crippen LogP contribution in [-0.2, 0) is 9.53 Å². The number of ether oxygens (including phenoxy) is 3. The Kier molecular flexibility index (Phi) is 7.35. The fraction of sp³-hybridized carbons (Fsp3) is 0.333. The first-order chi connectivity index (χ1) is 14.2. The monoisotopic (exact) mass is 416 g/mol. The van der Waals surface area contributed by atoms with Gasteiger partial charge in [-0.05, 0) is 30.5 Å². The quantitative estimate of drug-likeness (QED) is 0.394. The molecule has 2 rings (SSSR count). The van der Waals surface area contributed by atoms with Crippen LogP contribution in [0.15, 0.2) is 36.4 Å². The normalized spacial score (nSPS) is 11.5. The number of carbonyl (C=O) groups is 2. The van der Waals surface area contributed by atoms with Gasteiger partial charge in [-0.15, -0.1) is 0 Å². The summed E-state index contributed by atoms with van der Waals surface area (Å²) in [5.74, 6) is -1.02. The predicted octanol–water partition coefficient (Wildman–Crippen LogP) is 3.92. The molecule has 30 heavy (non-hydrogen) atoms. The van der Waals surface area contributed by atoms with Crippen molar-refractivity contribution < 1.29 is 28.7 Å². The summed E-state index contributed by atoms with van der Waals surface area (Å²) in [7, 11) is 2.65. The van der Waals surface area contributed by atoms with Gasteiger partial charge in [0.05, 0.1) is 25.2 Å². The number of anilines is 1. The van der Waals surface area contributed by atoms with Gasteiger partial charge in [0.1, 0.15) is 5.56 Å². The second kappa shape index (κ2) is 9.73. The number of nitro groups is 1. The number of hydrogen-bond donors (Lipinski definition) is 1. The topological polar surface area (TPSA) is 117 Å². The zero-order chi connectivity index (χ0) is 22.4. The fourth-order valence-corrected chi connectivity index (χ4v) is 2.66. The van der Waals surface area contributed by atoms with E-state index in [4.69, 9.17) is 14.2 Å². The molecule has 0 unspecified atom stereocenters. The van der Waals surface area contributed by atoms with Crippen molar-refractivity contribution in [1.29, 1.82) is 0 Å². The second-order valence-corrected chi connectivity index (χ2v) is 6.79. The number of nitrogens with one attached hydrogen (secondary N) is 1. The van der Waals surface area contributed by atoms with Gasteiger partial charge in [-0.3, -0.25) is 14.9 Å². The minimum atomic E-state index is -1.19. The summed E-state index contributed by atoms with van der Waals surface area (Å²) in [5, 5.41) is 14.0. The molecule has 1 amide bonds. The summed E-state index contributed by atoms with van der Waals surface area (Å²) in [6.07, 6.45) is -1.19. The molecule has 0 radical (unpaired) electrons. The maximum atomic E-state index is 12.5. The van der Waals surface area contributed by atoms with Crippen LogP contribution in [-0.4, -0.2) is 37.1 Å². The summed E-state index contributed by atoms with van der Waals surface area (Å²) < 4.78 is 15.3. The number of amides is 1. The van der Waals surface area contributed by atoms with Crippen LogP contribution in [0.2, 0.25) is 0 Å². The Morgan fingerprint density at radius 3 is 2.07 bits per heavy atom. The minimum Gasteiger partial charge on any atom is -0.493 e. The van der Waals surface area contributed by atoms with Crippen LogP contribution >= 0.6 is 0 Å². The molecule has 160 valence electrons. The van der Waals surface area contributed by atoms with Gasteiger partial charge in [0.15, 0.2) is 17.6 Å². The number of esters is 1. The van der Waals surface area contributed by atoms with Gasteiger partial charge in [0.2, 0.25) is 0 Å². The first kappa shape index (κ1) is 22.7. The van der Waals surface area contributed by atoms with E-state index in [0.29, 0.717) is 11.6 Å². The van der Waals surface area contributed by atoms with Gasteiger partial charge >= 0.3 is 5.97 Å². The standard InChI is InChI=1S/C21H24N2O7/c1-12(2)14-6-8-15(9-7-14)22-20(24)13(3)30-21(25)16-10-18(28-4)19(29-5)11-17(16)23(26)27/h6-13H,1-5H3,(H,22,24)/t13-/m1/s1. The number of nitrogens with zero attached hydrogens (tertiary/aromatic N) is 1. The molecule has 1 atom stereocenters. The van der Waals surface area contributed by atoms with Crippen molar-refractivity contribution in [2.75, 3.05) is 19.5 Å². The largest absolute Gasteiger partial charge is 0.493 e. The number of methoxy groups -OCH3 is 2. The predicted molar refractivity (Wildman–Crippen MR) is 110 cm³/mol. The van der Waals surface area contributed by atoms with Crippen LogP contribution in [0.1, 0.15) is 42.6 Å². The Morgan fingerprint density at radius 2 is 1.57 bits per heavy atom. The van der Waals surface area contributed by atoms with Crippen molar-refractivity contribution in [2.24, 2.45) is 0 Å². The summed E-state index contributed by atoms with van der Waals surface area (Å²) in [5.41, 5.74) is 0.797. The Labute approximate surface area is 174 Å². The number of benzene rings is 2. The second-order valence-electron chi connectivity index (χ2n) is 6.79. The molecule has 9 heteroatoms. The van der Waals surface area contributed by atoms with Gasteiger partial charge in [-0.2, -0.15) is 0 Å². The van der Waals surface area contributed by atoms with Crippen molar-refractivity contribution >= 4 is 23.3 Å². The Hall–Kier alpha value is -3.62. The molecule has 9 nitrogen and oxygen atoms in total. The molecule has 0 spiro atoms. The van der Waals surface area contributed by atoms with Crippen LogP contribution < -0.4 is 14.8 Å². The first-order valence-corrected chi connectivity index (χ1v) is 9.20. The molecule has 2 aromatic carbocycles. The third-order valence-corrected chi connectivity index (χ3v) is 4.42. The molecule has 0 aliphatic heterocycles. The summed E-state index contributed by atoms with van der Waals surface area (Å²) in [6, 6.07) is 9.50. The van der Waals surface area contributed by atoms with E-state index in [1.807, 2.05) is 12.1 Å². The van der Waals surface area contributed by atoms with Crippen LogP contribution in [0.5, 0.6) is 11.5 Å². The molecular weight excluding hydrogens is 392 g/mol. The lowest BCUT2D eigenvalue weighted by molar-refractivity contribution is -0.385. The lowest BCUT2D eigenvalue weighted by Crippen LogP contribution is -2.30. The molecule has 0 aromatic heterocycles. The molecule has 0 fully saturated rings. The maximum absolute atomic E-state index is 12.5. The van der Waals surface area contributed by atoms with Crippen LogP contribution in [0, 0.1) is 10.1 Å². The van der Waals surface area contributed by atoms with E-state index >= 15 is 0 Å². The number of rotatable bonds is 8. The highest BCUT2D eigenvalue weighted by Crippen LogP contribution is 2.35. The zero-order valence-electron chi connectivity index (χ0n) is 17.4. The van der Waals surface area contributed by atoms with E-state index in [1.165, 1.54) is 21.1 Å². The van der Waals surface area contributed by atoms with Crippen molar-refractivity contribution in [3.05, 3.63) is 57.6 Å². The van der Waals surface area contributed by atoms with Crippen LogP contribution in [0.4, 0.5) is 11.4 Å². The summed E-state index contributed by atoms with van der Waals surface area (Å²) >= 11 is 0. The molecule has 0 saturated heterocycles. The van der Waals surface area contributed by atoms with E-state index < -0.39 is 28.6 Å². The summed E-state index contributed by atoms with van der Waals surface area (Å²) in [6.45, 7) is 5.49. The molecule has 1 N–H and O–H groups in total. The number of hydrogen-bond acceptors (Lipinski definition) is 7. The lowest BCUT2D eigenvalue weighted by atomic mass is 10.0. The third kappa shape index (κ3) is 5.25. The molecular formula is C21H24N2O7. The third-order valence-electron chi connectivity index (χ3n) is 4.42. The van der Waals surface area contributed by atoms with Crippen molar-refractivity contribution in [3.8, 4) is 11.5 Å². The zero-order valence-corrected chi connectivity index (χ0v) is 17.4. The number of carbonyl (C=O) groups excluding carboxylic acids is 2. The average molecular weight is 416 g/mol. The van der Waals surface area contributed by atoms with E-state index in [2.05, 4.69) is 19.2 Å². The number of nitro benzene ring substituents is 1. The first-order valence-electron chi connectivity index (χ1n) is 9.20. The molecule has 0 heterocycles. The summed E-state index contributed by atoms with van der Waals surface area (Å²) in [4.78, 5) is 35.5. The van der Waals surface area contributed by atoms with Crippen molar-refractivity contribution in [2.45, 2.75) is 32.8 Å². The van der Waals surface area contributed by atoms with Crippen molar-refractivity contribution in [1.82, 2.24) is 0 Å². The van der Waals surface area contributed by atoms with Crippen molar-refractivity contribution in [3.63, 3.8) is 0 Å². The smallest absolute Gasteiger partial charge is 0.346 e. The highest BCUT2D eigenvalue weighted by atomic mass is 16.6. The molecule has 0 aliphatic rings. The highest BCUT2D eigenvalue weighted by Gasteiger charge is 2.28. The van der Waals surface area contributed by atoms with Gasteiger partial charge in [-0.25, -0.2) is 4.79 Å². The van der Waals surface area contributed by atoms with Crippen LogP contribution in [0.25, 0.3) is 0 Å². The minimum absolute atomic E-state index is 0.0939. The Balaban J connectivity index is 2.16. The van der Waals surface area contributed by atoms with E-state index in [1.54, 1.807) is 12.1 Å². The van der Waals surface area contributed by atoms with E-state index in [-0.39, 0.29) is 17.1 Å². The Morgan fingerprint density at radius 1 is 1.00 bits per heavy atom. The Bertz CT molecular complexity index is 939. The molecule has 0 saturated carbocycles. The van der Waals surface area contributed by atoms with E-state index in [9.17, 15) is 19.7 Å². The fourth-order valence-electron chi connectivity index (χ4n) is 2.66. The molecule has 0 bridgehead atoms. The molecule has 0 aliphatic carbocycles. The lowest BCUT2D eigenvalue weighted by Gasteiger charge is -2.15. The highest BCUT2D eigenvalue weighted by molar-refractivity contribution is 5.99. The maximum Gasteiger partial charge on any atom is 0.346 e. The molecule has 2 aromatic rings. The van der Waals surface area contributed by atoms with Crippen LogP contribution in [0.3, 0.4) is 0 Å².